The number of aliphatic carboxylic acids is 1. The monoisotopic (exact) mass is 264 g/mol. The molecule has 2 aromatic heterocycles. The second-order valence-corrected chi connectivity index (χ2v) is 3.69. The third-order valence-electron chi connectivity index (χ3n) is 2.40. The molecule has 2 heterocycles. The van der Waals surface area contributed by atoms with Crippen LogP contribution in [0.3, 0.4) is 0 Å². The molecule has 0 saturated heterocycles. The third kappa shape index (κ3) is 2.76. The number of carbonyl (C=O) groups excluding carboxylic acids is 1. The average molecular weight is 264 g/mol. The van der Waals surface area contributed by atoms with Gasteiger partial charge in [-0.25, -0.2) is 9.97 Å². The summed E-state index contributed by atoms with van der Waals surface area (Å²) in [6.45, 7) is -0.482. The van der Waals surface area contributed by atoms with Crippen molar-refractivity contribution in [1.82, 2.24) is 24.8 Å². The van der Waals surface area contributed by atoms with Gasteiger partial charge in [0.15, 0.2) is 11.1 Å². The molecule has 0 fully saturated rings. The number of hydrogen-bond donors (Lipinski definition) is 3. The SMILES string of the molecule is CN=c1ncn(CC(=O)NCC(=O)O)c2nc[nH]c12. The Morgan fingerprint density at radius 1 is 1.53 bits per heavy atom. The van der Waals surface area contributed by atoms with E-state index in [4.69, 9.17) is 5.11 Å². The lowest BCUT2D eigenvalue weighted by atomic mass is 10.4. The van der Waals surface area contributed by atoms with Crippen molar-refractivity contribution in [3.8, 4) is 0 Å². The number of nitrogens with zero attached hydrogens (tertiary/aromatic N) is 4. The van der Waals surface area contributed by atoms with Crippen LogP contribution in [-0.4, -0.2) is 50.1 Å². The van der Waals surface area contributed by atoms with Gasteiger partial charge in [0.1, 0.15) is 18.6 Å². The number of hydrogen-bond acceptors (Lipinski definition) is 5. The largest absolute Gasteiger partial charge is 0.480 e. The van der Waals surface area contributed by atoms with Gasteiger partial charge in [0.2, 0.25) is 5.91 Å². The normalized spacial score (nSPS) is 11.7. The van der Waals surface area contributed by atoms with E-state index < -0.39 is 18.4 Å². The number of imidazole rings is 1. The van der Waals surface area contributed by atoms with Crippen molar-refractivity contribution < 1.29 is 14.7 Å². The predicted molar refractivity (Wildman–Crippen MR) is 64.0 cm³/mol. The number of nitrogens with one attached hydrogen (secondary N) is 2. The number of carbonyl (C=O) groups is 2. The second-order valence-electron chi connectivity index (χ2n) is 3.69. The lowest BCUT2D eigenvalue weighted by Gasteiger charge is -2.06. The maximum Gasteiger partial charge on any atom is 0.322 e. The summed E-state index contributed by atoms with van der Waals surface area (Å²) in [6.07, 6.45) is 2.92. The van der Waals surface area contributed by atoms with E-state index in [1.165, 1.54) is 17.2 Å². The summed E-state index contributed by atoms with van der Waals surface area (Å²) in [6, 6.07) is 0. The molecule has 0 unspecified atom stereocenters. The van der Waals surface area contributed by atoms with Gasteiger partial charge in [0, 0.05) is 7.05 Å². The van der Waals surface area contributed by atoms with Crippen LogP contribution >= 0.6 is 0 Å². The summed E-state index contributed by atoms with van der Waals surface area (Å²) < 4.78 is 1.51. The van der Waals surface area contributed by atoms with Gasteiger partial charge in [-0.3, -0.25) is 14.6 Å². The first kappa shape index (κ1) is 12.7. The first-order chi connectivity index (χ1) is 9.11. The molecule has 3 N–H and O–H groups in total. The Bertz CT molecular complexity index is 686. The van der Waals surface area contributed by atoms with Crippen LogP contribution in [0.15, 0.2) is 17.6 Å². The molecular formula is C10H12N6O3. The van der Waals surface area contributed by atoms with Crippen LogP contribution in [0.4, 0.5) is 0 Å². The van der Waals surface area contributed by atoms with Crippen LogP contribution in [-0.2, 0) is 16.1 Å². The van der Waals surface area contributed by atoms with E-state index in [1.807, 2.05) is 0 Å². The third-order valence-corrected chi connectivity index (χ3v) is 2.40. The molecule has 2 rings (SSSR count). The number of fused-ring (bicyclic) bond motifs is 1. The molecule has 0 bridgehead atoms. The fraction of sp³-hybridized carbons (Fsp3) is 0.300. The fourth-order valence-corrected chi connectivity index (χ4v) is 1.58. The highest BCUT2D eigenvalue weighted by molar-refractivity contribution is 5.82. The van der Waals surface area contributed by atoms with E-state index in [0.29, 0.717) is 16.7 Å². The zero-order valence-electron chi connectivity index (χ0n) is 10.1. The molecule has 0 spiro atoms. The Kier molecular flexibility index (Phi) is 3.55. The molecule has 0 aliphatic heterocycles. The van der Waals surface area contributed by atoms with Crippen LogP contribution in [0, 0.1) is 0 Å². The molecule has 100 valence electrons. The quantitative estimate of drug-likeness (QED) is 0.619. The van der Waals surface area contributed by atoms with Gasteiger partial charge in [-0.2, -0.15) is 0 Å². The number of aromatic nitrogens is 4. The maximum absolute atomic E-state index is 11.6. The average Bonchev–Trinajstić information content (AvgIpc) is 2.86. The first-order valence-electron chi connectivity index (χ1n) is 5.41. The summed E-state index contributed by atoms with van der Waals surface area (Å²) in [7, 11) is 1.60. The topological polar surface area (TPSA) is 125 Å². The summed E-state index contributed by atoms with van der Waals surface area (Å²) in [5.41, 5.74) is 1.65. The smallest absolute Gasteiger partial charge is 0.322 e. The van der Waals surface area contributed by atoms with Crippen LogP contribution in [0.5, 0.6) is 0 Å². The van der Waals surface area contributed by atoms with E-state index in [-0.39, 0.29) is 6.54 Å². The van der Waals surface area contributed by atoms with E-state index in [0.717, 1.165) is 0 Å². The van der Waals surface area contributed by atoms with Gasteiger partial charge in [0.05, 0.1) is 12.7 Å². The number of carboxylic acid groups (broad SMARTS) is 1. The molecule has 0 radical (unpaired) electrons. The highest BCUT2D eigenvalue weighted by Gasteiger charge is 2.09. The lowest BCUT2D eigenvalue weighted by Crippen LogP contribution is -2.32. The number of H-pyrrole nitrogens is 1. The minimum atomic E-state index is -1.10. The summed E-state index contributed by atoms with van der Waals surface area (Å²) in [5, 5.41) is 10.7. The number of rotatable bonds is 4. The highest BCUT2D eigenvalue weighted by atomic mass is 16.4. The Balaban J connectivity index is 2.24. The zero-order valence-corrected chi connectivity index (χ0v) is 10.1. The van der Waals surface area contributed by atoms with Crippen LogP contribution in [0.2, 0.25) is 0 Å². The molecule has 19 heavy (non-hydrogen) atoms. The highest BCUT2D eigenvalue weighted by Crippen LogP contribution is 2.02. The van der Waals surface area contributed by atoms with Gasteiger partial charge in [0.25, 0.3) is 0 Å². The molecule has 0 aromatic carbocycles. The van der Waals surface area contributed by atoms with Gasteiger partial charge in [-0.15, -0.1) is 0 Å². The predicted octanol–water partition coefficient (Wildman–Crippen LogP) is -1.51. The van der Waals surface area contributed by atoms with E-state index in [2.05, 4.69) is 25.3 Å². The Hall–Kier alpha value is -2.71. The molecule has 9 nitrogen and oxygen atoms in total. The minimum absolute atomic E-state index is 0.0639. The maximum atomic E-state index is 11.6. The van der Waals surface area contributed by atoms with Gasteiger partial charge < -0.3 is 20.0 Å². The van der Waals surface area contributed by atoms with Crippen molar-refractivity contribution in [3.05, 3.63) is 18.1 Å². The van der Waals surface area contributed by atoms with Crippen molar-refractivity contribution >= 4 is 23.0 Å². The molecule has 0 aliphatic carbocycles. The number of carboxylic acids is 1. The van der Waals surface area contributed by atoms with Crippen LogP contribution in [0.25, 0.3) is 11.2 Å². The summed E-state index contributed by atoms with van der Waals surface area (Å²) >= 11 is 0. The fourth-order valence-electron chi connectivity index (χ4n) is 1.58. The second kappa shape index (κ2) is 5.29. The van der Waals surface area contributed by atoms with Gasteiger partial charge in [-0.1, -0.05) is 0 Å². The number of amides is 1. The van der Waals surface area contributed by atoms with Gasteiger partial charge in [-0.05, 0) is 0 Å². The molecule has 1 amide bonds. The van der Waals surface area contributed by atoms with Gasteiger partial charge >= 0.3 is 5.97 Å². The Labute approximate surface area is 107 Å². The Morgan fingerprint density at radius 3 is 3.00 bits per heavy atom. The van der Waals surface area contributed by atoms with Crippen molar-refractivity contribution in [1.29, 1.82) is 0 Å². The summed E-state index contributed by atoms with van der Waals surface area (Å²) in [5.74, 6) is -1.53. The van der Waals surface area contributed by atoms with Crippen molar-refractivity contribution in [2.75, 3.05) is 13.6 Å². The van der Waals surface area contributed by atoms with Crippen LogP contribution in [0.1, 0.15) is 0 Å². The lowest BCUT2D eigenvalue weighted by molar-refractivity contribution is -0.138. The van der Waals surface area contributed by atoms with E-state index in [9.17, 15) is 9.59 Å². The number of aromatic amines is 1. The zero-order chi connectivity index (χ0) is 13.8. The molecule has 0 saturated carbocycles. The van der Waals surface area contributed by atoms with Crippen molar-refractivity contribution in [2.24, 2.45) is 4.99 Å². The minimum Gasteiger partial charge on any atom is -0.480 e. The van der Waals surface area contributed by atoms with Crippen LogP contribution < -0.4 is 10.8 Å². The van der Waals surface area contributed by atoms with Crippen molar-refractivity contribution in [2.45, 2.75) is 6.54 Å². The first-order valence-corrected chi connectivity index (χ1v) is 5.41. The van der Waals surface area contributed by atoms with E-state index in [1.54, 1.807) is 7.05 Å². The molecule has 9 heteroatoms. The van der Waals surface area contributed by atoms with E-state index >= 15 is 0 Å². The molecule has 2 aromatic rings. The standard InChI is InChI=1S/C10H12N6O3/c1-11-9-8-10(14-4-13-8)16(5-15-9)3-6(17)12-2-7(18)19/h4-5H,2-3H2,1H3,(H,12,17)(H,13,14)(H,18,19). The Morgan fingerprint density at radius 2 is 2.32 bits per heavy atom. The van der Waals surface area contributed by atoms with Crippen molar-refractivity contribution in [3.63, 3.8) is 0 Å². The molecule has 0 atom stereocenters. The molecular weight excluding hydrogens is 252 g/mol. The molecule has 0 aliphatic rings. The summed E-state index contributed by atoms with van der Waals surface area (Å²) in [4.78, 5) is 36.9.